The van der Waals surface area contributed by atoms with Gasteiger partial charge in [0.1, 0.15) is 0 Å². The first-order valence-electron chi connectivity index (χ1n) is 9.77. The van der Waals surface area contributed by atoms with Crippen molar-refractivity contribution in [2.75, 3.05) is 13.1 Å². The van der Waals surface area contributed by atoms with Gasteiger partial charge in [-0.3, -0.25) is 0 Å². The predicted octanol–water partition coefficient (Wildman–Crippen LogP) is 1.90. The molecule has 2 saturated carbocycles. The molecule has 0 aromatic heterocycles. The molecule has 2 atom stereocenters. The van der Waals surface area contributed by atoms with Gasteiger partial charge in [0, 0.05) is 6.04 Å². The third kappa shape index (κ3) is 2.54. The molecule has 0 radical (unpaired) electrons. The lowest BCUT2D eigenvalue weighted by Gasteiger charge is -2.49. The van der Waals surface area contributed by atoms with Gasteiger partial charge < -0.3 is 4.90 Å². The van der Waals surface area contributed by atoms with Gasteiger partial charge in [0.2, 0.25) is 0 Å². The largest absolute Gasteiger partial charge is 0.526 e. The molecule has 0 amide bonds. The molecule has 2 N–H and O–H groups in total. The summed E-state index contributed by atoms with van der Waals surface area (Å²) in [4.78, 5) is 28.0. The lowest BCUT2D eigenvalue weighted by Crippen LogP contribution is -2.62. The molecule has 25 heavy (non-hydrogen) atoms. The van der Waals surface area contributed by atoms with Crippen LogP contribution in [-0.2, 0) is 18.6 Å². The van der Waals surface area contributed by atoms with Gasteiger partial charge >= 0.3 is 20.0 Å². The molecule has 2 unspecified atom stereocenters. The molecule has 7 nitrogen and oxygen atoms in total. The highest BCUT2D eigenvalue weighted by atomic mass is 31.2. The van der Waals surface area contributed by atoms with Crippen molar-refractivity contribution in [3.8, 4) is 0 Å². The smallest absolute Gasteiger partial charge is 0.300 e. The Hall–Kier alpha value is -0.750. The highest BCUT2D eigenvalue weighted by molar-refractivity contribution is 7.64. The Bertz CT molecular complexity index is 552. The van der Waals surface area contributed by atoms with Gasteiger partial charge in [0.15, 0.2) is 5.41 Å². The molecular formula is C17H27N3O4P+. The first-order valence-corrected chi connectivity index (χ1v) is 11.4. The van der Waals surface area contributed by atoms with E-state index in [0.29, 0.717) is 18.9 Å². The first kappa shape index (κ1) is 16.4. The fraction of sp³-hybridized carbons (Fsp3) is 0.882. The molecule has 3 heterocycles. The average molecular weight is 368 g/mol. The van der Waals surface area contributed by atoms with E-state index in [0.717, 1.165) is 25.9 Å². The van der Waals surface area contributed by atoms with Gasteiger partial charge in [-0.05, 0) is 51.6 Å². The number of rotatable bonds is 1. The van der Waals surface area contributed by atoms with Crippen LogP contribution in [0.3, 0.4) is 0 Å². The van der Waals surface area contributed by atoms with Gasteiger partial charge in [0.05, 0.1) is 12.1 Å². The Kier molecular flexibility index (Phi) is 3.86. The van der Waals surface area contributed by atoms with E-state index >= 15 is 0 Å². The number of hydrogen-bond donors (Lipinski definition) is 2. The molecule has 8 heteroatoms. The van der Waals surface area contributed by atoms with E-state index in [2.05, 4.69) is 15.1 Å². The van der Waals surface area contributed by atoms with Gasteiger partial charge in [-0.2, -0.15) is 0 Å². The van der Waals surface area contributed by atoms with E-state index in [1.165, 1.54) is 32.1 Å². The van der Waals surface area contributed by atoms with Crippen molar-refractivity contribution in [1.29, 1.82) is 0 Å². The Morgan fingerprint density at radius 3 is 2.00 bits per heavy atom. The van der Waals surface area contributed by atoms with Crippen LogP contribution in [0, 0.1) is 5.41 Å². The molecule has 2 aliphatic carbocycles. The van der Waals surface area contributed by atoms with Crippen LogP contribution in [0.25, 0.3) is 0 Å². The van der Waals surface area contributed by atoms with Crippen LogP contribution in [-0.4, -0.2) is 48.1 Å². The molecule has 2 spiro atoms. The fourth-order valence-electron chi connectivity index (χ4n) is 5.15. The van der Waals surface area contributed by atoms with Crippen molar-refractivity contribution in [3.05, 3.63) is 0 Å². The minimum absolute atomic E-state index is 0.249. The zero-order valence-electron chi connectivity index (χ0n) is 14.5. The minimum atomic E-state index is -2.78. The predicted molar refractivity (Wildman–Crippen MR) is 92.3 cm³/mol. The second kappa shape index (κ2) is 5.88. The molecule has 3 aliphatic heterocycles. The van der Waals surface area contributed by atoms with Crippen molar-refractivity contribution < 1.29 is 18.6 Å². The number of fused-ring (bicyclic) bond motifs is 1. The van der Waals surface area contributed by atoms with Gasteiger partial charge in [-0.15, -0.1) is 10.2 Å². The molecule has 5 fully saturated rings. The molecule has 5 aliphatic rings. The summed E-state index contributed by atoms with van der Waals surface area (Å²) in [6.07, 6.45) is 9.22. The number of nitrogens with one attached hydrogen (secondary N) is 2. The minimum Gasteiger partial charge on any atom is -0.300 e. The van der Waals surface area contributed by atoms with Crippen LogP contribution >= 0.6 is 8.02 Å². The number of carbonyl (C=O) groups is 2. The maximum absolute atomic E-state index is 12.8. The van der Waals surface area contributed by atoms with Crippen molar-refractivity contribution >= 4 is 20.0 Å². The second-order valence-corrected chi connectivity index (χ2v) is 10.3. The van der Waals surface area contributed by atoms with Crippen LogP contribution in [0.5, 0.6) is 0 Å². The van der Waals surface area contributed by atoms with Crippen molar-refractivity contribution in [1.82, 2.24) is 15.1 Å². The first-order chi connectivity index (χ1) is 12.1. The van der Waals surface area contributed by atoms with E-state index < -0.39 is 13.4 Å². The third-order valence-electron chi connectivity index (χ3n) is 6.72. The molecule has 138 valence electrons. The van der Waals surface area contributed by atoms with E-state index in [1.54, 1.807) is 0 Å². The summed E-state index contributed by atoms with van der Waals surface area (Å²) < 4.78 is 11.6. The molecular weight excluding hydrogens is 341 g/mol. The van der Waals surface area contributed by atoms with Gasteiger partial charge in [0.25, 0.3) is 0 Å². The lowest BCUT2D eigenvalue weighted by molar-refractivity contribution is -0.180. The average Bonchev–Trinajstić information content (AvgIpc) is 2.91. The molecule has 3 saturated heterocycles. The van der Waals surface area contributed by atoms with Crippen LogP contribution in [0.15, 0.2) is 0 Å². The highest BCUT2D eigenvalue weighted by Crippen LogP contribution is 2.66. The summed E-state index contributed by atoms with van der Waals surface area (Å²) in [7, 11) is -2.78. The Morgan fingerprint density at radius 2 is 1.44 bits per heavy atom. The third-order valence-corrected chi connectivity index (χ3v) is 8.91. The molecule has 0 bridgehead atoms. The monoisotopic (exact) mass is 368 g/mol. The fourth-order valence-corrected chi connectivity index (χ4v) is 7.78. The van der Waals surface area contributed by atoms with Gasteiger partial charge in [-0.1, -0.05) is 19.3 Å². The number of hydrogen-bond acceptors (Lipinski definition) is 7. The van der Waals surface area contributed by atoms with E-state index in [1.807, 2.05) is 0 Å². The van der Waals surface area contributed by atoms with Crippen LogP contribution in [0.2, 0.25) is 0 Å². The summed E-state index contributed by atoms with van der Waals surface area (Å²) in [5.74, 6) is -0.743. The molecule has 0 aromatic carbocycles. The topological polar surface area (TPSA) is 79.9 Å². The summed E-state index contributed by atoms with van der Waals surface area (Å²) in [6.45, 7) is 2.16. The summed E-state index contributed by atoms with van der Waals surface area (Å²) >= 11 is 0. The normalized spacial score (nSPS) is 47.3. The number of nitrogens with zero attached hydrogens (tertiary/aromatic N) is 1. The Balaban J connectivity index is 1.27. The van der Waals surface area contributed by atoms with E-state index in [4.69, 9.17) is 9.05 Å². The maximum atomic E-state index is 12.8. The zero-order valence-corrected chi connectivity index (χ0v) is 15.4. The van der Waals surface area contributed by atoms with Crippen molar-refractivity contribution in [2.45, 2.75) is 75.9 Å². The summed E-state index contributed by atoms with van der Waals surface area (Å²) in [5, 5.41) is 6.67. The quantitative estimate of drug-likeness (QED) is 0.541. The highest BCUT2D eigenvalue weighted by Gasteiger charge is 2.73. The lowest BCUT2D eigenvalue weighted by atomic mass is 9.64. The SMILES string of the molecule is O=C1O[P+]2(NC3CCCCC3N2)OC(=O)C12CC(N1CCCCC1)C2. The summed E-state index contributed by atoms with van der Waals surface area (Å²) in [5.41, 5.74) is -1.05. The van der Waals surface area contributed by atoms with Crippen LogP contribution in [0.1, 0.15) is 57.8 Å². The number of piperidine rings is 1. The van der Waals surface area contributed by atoms with Crippen molar-refractivity contribution in [3.63, 3.8) is 0 Å². The zero-order chi connectivity index (χ0) is 17.1. The Labute approximate surface area is 148 Å². The number of likely N-dealkylation sites (tertiary alicyclic amines) is 1. The van der Waals surface area contributed by atoms with Crippen LogP contribution in [0.4, 0.5) is 0 Å². The van der Waals surface area contributed by atoms with Crippen molar-refractivity contribution in [2.24, 2.45) is 5.41 Å². The second-order valence-electron chi connectivity index (χ2n) is 8.31. The van der Waals surface area contributed by atoms with E-state index in [-0.39, 0.29) is 24.0 Å². The molecule has 0 aromatic rings. The van der Waals surface area contributed by atoms with E-state index in [9.17, 15) is 9.59 Å². The summed E-state index contributed by atoms with van der Waals surface area (Å²) in [6, 6.07) is 0.818. The Morgan fingerprint density at radius 1 is 0.880 bits per heavy atom. The standard InChI is InChI=1S/C17H27N3O4P/c21-15-17(10-12(11-17)20-8-4-1-5-9-20)16(22)24-25(23-15)18-13-6-2-3-7-14(13)19-25/h12-14,18-19H,1-11H2/q+1. The van der Waals surface area contributed by atoms with Crippen LogP contribution < -0.4 is 10.2 Å². The maximum Gasteiger partial charge on any atom is 0.526 e. The molecule has 5 rings (SSSR count). The van der Waals surface area contributed by atoms with Gasteiger partial charge in [-0.25, -0.2) is 18.6 Å². The number of carbonyl (C=O) groups excluding carboxylic acids is 2.